The van der Waals surface area contributed by atoms with E-state index < -0.39 is 0 Å². The fraction of sp³-hybridized carbons (Fsp3) is 0.375. The largest absolute Gasteiger partial charge is 0.339 e. The quantitative estimate of drug-likeness (QED) is 0.632. The van der Waals surface area contributed by atoms with Crippen molar-refractivity contribution in [1.29, 1.82) is 0 Å². The van der Waals surface area contributed by atoms with Gasteiger partial charge in [-0.2, -0.15) is 0 Å². The van der Waals surface area contributed by atoms with Gasteiger partial charge in [-0.15, -0.1) is 5.10 Å². The fourth-order valence-electron chi connectivity index (χ4n) is 4.24. The molecule has 1 aliphatic heterocycles. The zero-order chi connectivity index (χ0) is 20.9. The Kier molecular flexibility index (Phi) is 6.23. The second kappa shape index (κ2) is 9.22. The molecule has 6 heteroatoms. The van der Waals surface area contributed by atoms with Gasteiger partial charge in [0, 0.05) is 19.6 Å². The lowest BCUT2D eigenvalue weighted by atomic mass is 9.99. The zero-order valence-electron chi connectivity index (χ0n) is 17.7. The lowest BCUT2D eigenvalue weighted by molar-refractivity contribution is 0.0711. The molecule has 0 spiro atoms. The van der Waals surface area contributed by atoms with E-state index in [1.807, 2.05) is 43.4 Å². The molecular formula is C24H29N5O. The summed E-state index contributed by atoms with van der Waals surface area (Å²) in [6.07, 6.45) is 5.36. The number of benzene rings is 2. The van der Waals surface area contributed by atoms with Crippen molar-refractivity contribution in [2.75, 3.05) is 27.2 Å². The summed E-state index contributed by atoms with van der Waals surface area (Å²) < 4.78 is 1.79. The standard InChI is InChI=1S/C24H29N5O/c1-27-16-10-9-15-21(27)17-28(2)24(30)22-18-29(26-25-22)23(19-11-5-3-6-12-19)20-13-7-4-8-14-20/h3-8,11-14,18,21,23H,9-10,15-17H2,1-2H3. The second-order valence-electron chi connectivity index (χ2n) is 8.12. The van der Waals surface area contributed by atoms with Crippen LogP contribution in [0.2, 0.25) is 0 Å². The van der Waals surface area contributed by atoms with E-state index in [0.29, 0.717) is 18.3 Å². The van der Waals surface area contributed by atoms with E-state index in [9.17, 15) is 4.79 Å². The summed E-state index contributed by atoms with van der Waals surface area (Å²) in [5.41, 5.74) is 2.59. The van der Waals surface area contributed by atoms with Gasteiger partial charge < -0.3 is 9.80 Å². The van der Waals surface area contributed by atoms with Crippen LogP contribution in [0.15, 0.2) is 66.9 Å². The third-order valence-electron chi connectivity index (χ3n) is 5.98. The average Bonchev–Trinajstić information content (AvgIpc) is 3.26. The summed E-state index contributed by atoms with van der Waals surface area (Å²) >= 11 is 0. The van der Waals surface area contributed by atoms with Gasteiger partial charge in [0.25, 0.3) is 5.91 Å². The summed E-state index contributed by atoms with van der Waals surface area (Å²) in [7, 11) is 4.00. The number of likely N-dealkylation sites (tertiary alicyclic amines) is 1. The van der Waals surface area contributed by atoms with Crippen molar-refractivity contribution in [3.63, 3.8) is 0 Å². The molecule has 1 unspecified atom stereocenters. The molecule has 0 N–H and O–H groups in total. The molecule has 3 aromatic rings. The molecule has 1 aliphatic rings. The monoisotopic (exact) mass is 403 g/mol. The van der Waals surface area contributed by atoms with Gasteiger partial charge in [-0.1, -0.05) is 72.3 Å². The summed E-state index contributed by atoms with van der Waals surface area (Å²) in [4.78, 5) is 17.2. The lowest BCUT2D eigenvalue weighted by Crippen LogP contribution is -2.45. The summed E-state index contributed by atoms with van der Waals surface area (Å²) in [6, 6.07) is 20.6. The van der Waals surface area contributed by atoms with E-state index in [4.69, 9.17) is 0 Å². The van der Waals surface area contributed by atoms with Crippen molar-refractivity contribution < 1.29 is 4.79 Å². The summed E-state index contributed by atoms with van der Waals surface area (Å²) in [6.45, 7) is 1.81. The number of amides is 1. The number of hydrogen-bond acceptors (Lipinski definition) is 4. The number of nitrogens with zero attached hydrogens (tertiary/aromatic N) is 5. The van der Waals surface area contributed by atoms with Crippen molar-refractivity contribution in [2.24, 2.45) is 0 Å². The number of carbonyl (C=O) groups excluding carboxylic acids is 1. The fourth-order valence-corrected chi connectivity index (χ4v) is 4.24. The smallest absolute Gasteiger partial charge is 0.275 e. The van der Waals surface area contributed by atoms with Crippen LogP contribution in [-0.4, -0.2) is 63.9 Å². The van der Waals surface area contributed by atoms with Crippen molar-refractivity contribution in [3.8, 4) is 0 Å². The van der Waals surface area contributed by atoms with Gasteiger partial charge >= 0.3 is 0 Å². The van der Waals surface area contributed by atoms with E-state index in [2.05, 4.69) is 46.5 Å². The second-order valence-corrected chi connectivity index (χ2v) is 8.12. The molecule has 4 rings (SSSR count). The highest BCUT2D eigenvalue weighted by molar-refractivity contribution is 5.91. The van der Waals surface area contributed by atoms with Gasteiger partial charge in [0.2, 0.25) is 0 Å². The Labute approximate surface area is 178 Å². The highest BCUT2D eigenvalue weighted by Crippen LogP contribution is 2.26. The third-order valence-corrected chi connectivity index (χ3v) is 5.98. The van der Waals surface area contributed by atoms with E-state index in [0.717, 1.165) is 24.1 Å². The summed E-state index contributed by atoms with van der Waals surface area (Å²) in [5.74, 6) is -0.0832. The minimum absolute atomic E-state index is 0.0832. The minimum Gasteiger partial charge on any atom is -0.339 e. The van der Waals surface area contributed by atoms with Gasteiger partial charge in [-0.25, -0.2) is 4.68 Å². The van der Waals surface area contributed by atoms with Gasteiger partial charge in [-0.3, -0.25) is 4.79 Å². The molecule has 156 valence electrons. The Morgan fingerprint density at radius 2 is 1.70 bits per heavy atom. The zero-order valence-corrected chi connectivity index (χ0v) is 17.7. The Hall–Kier alpha value is -2.99. The van der Waals surface area contributed by atoms with Gasteiger partial charge in [-0.05, 0) is 37.6 Å². The molecule has 2 heterocycles. The number of aromatic nitrogens is 3. The Morgan fingerprint density at radius 3 is 2.30 bits per heavy atom. The normalized spacial score (nSPS) is 17.2. The number of piperidine rings is 1. The van der Waals surface area contributed by atoms with E-state index >= 15 is 0 Å². The van der Waals surface area contributed by atoms with Crippen LogP contribution in [0.4, 0.5) is 0 Å². The highest BCUT2D eigenvalue weighted by atomic mass is 16.2. The molecule has 1 saturated heterocycles. The SMILES string of the molecule is CN(CC1CCCCN1C)C(=O)c1cn(C(c2ccccc2)c2ccccc2)nn1. The van der Waals surface area contributed by atoms with Crippen LogP contribution in [0.25, 0.3) is 0 Å². The maximum absolute atomic E-state index is 13.0. The number of carbonyl (C=O) groups is 1. The Balaban J connectivity index is 1.56. The molecule has 6 nitrogen and oxygen atoms in total. The predicted octanol–water partition coefficient (Wildman–Crippen LogP) is 3.47. The molecule has 1 fully saturated rings. The first-order valence-electron chi connectivity index (χ1n) is 10.6. The minimum atomic E-state index is -0.128. The maximum atomic E-state index is 13.0. The maximum Gasteiger partial charge on any atom is 0.275 e. The molecule has 1 atom stereocenters. The number of likely N-dealkylation sites (N-methyl/N-ethyl adjacent to an activating group) is 2. The molecule has 1 amide bonds. The first-order chi connectivity index (χ1) is 14.6. The highest BCUT2D eigenvalue weighted by Gasteiger charge is 2.25. The summed E-state index contributed by atoms with van der Waals surface area (Å²) in [5, 5.41) is 8.57. The molecular weight excluding hydrogens is 374 g/mol. The van der Waals surface area contributed by atoms with Crippen LogP contribution >= 0.6 is 0 Å². The van der Waals surface area contributed by atoms with Gasteiger partial charge in [0.1, 0.15) is 6.04 Å². The predicted molar refractivity (Wildman–Crippen MR) is 117 cm³/mol. The van der Waals surface area contributed by atoms with Crippen LogP contribution in [0.5, 0.6) is 0 Å². The molecule has 0 saturated carbocycles. The van der Waals surface area contributed by atoms with E-state index in [1.54, 1.807) is 15.8 Å². The molecule has 0 bridgehead atoms. The first kappa shape index (κ1) is 20.3. The van der Waals surface area contributed by atoms with Crippen molar-refractivity contribution in [1.82, 2.24) is 24.8 Å². The van der Waals surface area contributed by atoms with Crippen molar-refractivity contribution >= 4 is 5.91 Å². The molecule has 1 aromatic heterocycles. The Bertz CT molecular complexity index is 916. The first-order valence-corrected chi connectivity index (χ1v) is 10.6. The number of hydrogen-bond donors (Lipinski definition) is 0. The van der Waals surface area contributed by atoms with Crippen LogP contribution in [0.3, 0.4) is 0 Å². The molecule has 0 radical (unpaired) electrons. The van der Waals surface area contributed by atoms with Crippen LogP contribution in [-0.2, 0) is 0 Å². The molecule has 2 aromatic carbocycles. The van der Waals surface area contributed by atoms with Crippen LogP contribution in [0, 0.1) is 0 Å². The van der Waals surface area contributed by atoms with Gasteiger partial charge in [0.05, 0.1) is 6.20 Å². The van der Waals surface area contributed by atoms with Crippen molar-refractivity contribution in [3.05, 3.63) is 83.7 Å². The van der Waals surface area contributed by atoms with Crippen LogP contribution in [0.1, 0.15) is 46.9 Å². The van der Waals surface area contributed by atoms with Crippen molar-refractivity contribution in [2.45, 2.75) is 31.3 Å². The van der Waals surface area contributed by atoms with E-state index in [-0.39, 0.29) is 11.9 Å². The van der Waals surface area contributed by atoms with Gasteiger partial charge in [0.15, 0.2) is 5.69 Å². The number of rotatable bonds is 6. The lowest BCUT2D eigenvalue weighted by Gasteiger charge is -2.34. The average molecular weight is 404 g/mol. The molecule has 0 aliphatic carbocycles. The van der Waals surface area contributed by atoms with Crippen LogP contribution < -0.4 is 0 Å². The molecule has 30 heavy (non-hydrogen) atoms. The topological polar surface area (TPSA) is 54.3 Å². The Morgan fingerprint density at radius 1 is 1.07 bits per heavy atom. The van der Waals surface area contributed by atoms with E-state index in [1.165, 1.54) is 12.8 Å². The third kappa shape index (κ3) is 4.44.